The zero-order valence-corrected chi connectivity index (χ0v) is 15.6. The van der Waals surface area contributed by atoms with Crippen molar-refractivity contribution in [2.45, 2.75) is 30.7 Å². The van der Waals surface area contributed by atoms with Gasteiger partial charge in [-0.05, 0) is 49.9 Å². The number of rotatable bonds is 7. The van der Waals surface area contributed by atoms with Gasteiger partial charge in [0.1, 0.15) is 0 Å². The molecule has 0 radical (unpaired) electrons. The molecule has 140 valence electrons. The normalized spacial score (nSPS) is 17.5. The number of nitrogens with two attached hydrogens (primary N) is 1. The lowest BCUT2D eigenvalue weighted by Gasteiger charge is -2.33. The van der Waals surface area contributed by atoms with Gasteiger partial charge < -0.3 is 15.4 Å². The Kier molecular flexibility index (Phi) is 6.95. The van der Waals surface area contributed by atoms with Gasteiger partial charge in [-0.3, -0.25) is 4.79 Å². The molecular formula is C17H27N3O4S. The number of hydrogen-bond donors (Lipinski definition) is 2. The van der Waals surface area contributed by atoms with E-state index < -0.39 is 10.0 Å². The second-order valence-electron chi connectivity index (χ2n) is 6.40. The molecule has 1 heterocycles. The molecular weight excluding hydrogens is 342 g/mol. The number of nitrogens with one attached hydrogen (secondary N) is 1. The summed E-state index contributed by atoms with van der Waals surface area (Å²) in [6.07, 6.45) is 1.80. The highest BCUT2D eigenvalue weighted by Gasteiger charge is 2.25. The number of nitrogens with zero attached hydrogens (tertiary/aromatic N) is 1. The lowest BCUT2D eigenvalue weighted by Crippen LogP contribution is -2.42. The highest BCUT2D eigenvalue weighted by molar-refractivity contribution is 7.89. The number of methoxy groups -OCH3 is 1. The number of carbonyl (C=O) groups is 1. The SMILES string of the molecule is COCCNS(=O)(=O)c1ccc(C(=O)N2CCC(C(C)N)CC2)cc1. The van der Waals surface area contributed by atoms with Crippen molar-refractivity contribution in [1.82, 2.24) is 9.62 Å². The molecule has 0 spiro atoms. The van der Waals surface area contributed by atoms with Gasteiger partial charge in [-0.2, -0.15) is 0 Å². The molecule has 1 unspecified atom stereocenters. The van der Waals surface area contributed by atoms with E-state index in [1.165, 1.54) is 19.2 Å². The van der Waals surface area contributed by atoms with Gasteiger partial charge in [0.15, 0.2) is 0 Å². The van der Waals surface area contributed by atoms with Crippen LogP contribution in [0.25, 0.3) is 0 Å². The fourth-order valence-corrected chi connectivity index (χ4v) is 3.96. The van der Waals surface area contributed by atoms with Crippen LogP contribution in [-0.2, 0) is 14.8 Å². The number of hydrogen-bond acceptors (Lipinski definition) is 5. The Morgan fingerprint density at radius 2 is 1.92 bits per heavy atom. The molecule has 3 N–H and O–H groups in total. The predicted molar refractivity (Wildman–Crippen MR) is 95.8 cm³/mol. The summed E-state index contributed by atoms with van der Waals surface area (Å²) in [6.45, 7) is 3.87. The number of likely N-dealkylation sites (tertiary alicyclic amines) is 1. The van der Waals surface area contributed by atoms with Crippen LogP contribution in [0.5, 0.6) is 0 Å². The molecule has 1 saturated heterocycles. The molecule has 1 atom stereocenters. The standard InChI is InChI=1S/C17H27N3O4S/c1-13(18)14-7-10-20(11-8-14)17(21)15-3-5-16(6-4-15)25(22,23)19-9-12-24-2/h3-6,13-14,19H,7-12,18H2,1-2H3. The number of ether oxygens (including phenoxy) is 1. The first-order valence-corrected chi connectivity index (χ1v) is 9.97. The number of carbonyl (C=O) groups excluding carboxylic acids is 1. The molecule has 1 aliphatic rings. The van der Waals surface area contributed by atoms with Crippen LogP contribution in [0, 0.1) is 5.92 Å². The van der Waals surface area contributed by atoms with Gasteiger partial charge in [-0.1, -0.05) is 0 Å². The summed E-state index contributed by atoms with van der Waals surface area (Å²) in [4.78, 5) is 14.5. The predicted octanol–water partition coefficient (Wildman–Crippen LogP) is 0.811. The molecule has 0 aliphatic carbocycles. The number of sulfonamides is 1. The van der Waals surface area contributed by atoms with E-state index >= 15 is 0 Å². The first kappa shape index (κ1) is 19.8. The molecule has 1 amide bonds. The maximum absolute atomic E-state index is 12.6. The Morgan fingerprint density at radius 3 is 2.44 bits per heavy atom. The molecule has 25 heavy (non-hydrogen) atoms. The number of benzene rings is 1. The van der Waals surface area contributed by atoms with E-state index in [1.807, 2.05) is 6.92 Å². The number of piperidine rings is 1. The molecule has 1 aromatic carbocycles. The van der Waals surface area contributed by atoms with Gasteiger partial charge in [-0.15, -0.1) is 0 Å². The van der Waals surface area contributed by atoms with Gasteiger partial charge in [-0.25, -0.2) is 13.1 Å². The van der Waals surface area contributed by atoms with Crippen molar-refractivity contribution < 1.29 is 17.9 Å². The minimum absolute atomic E-state index is 0.0700. The molecule has 1 aromatic rings. The van der Waals surface area contributed by atoms with E-state index in [-0.39, 0.29) is 23.4 Å². The monoisotopic (exact) mass is 369 g/mol. The Labute approximate surface area is 149 Å². The van der Waals surface area contributed by atoms with E-state index in [0.29, 0.717) is 31.2 Å². The van der Waals surface area contributed by atoms with E-state index in [1.54, 1.807) is 17.0 Å². The van der Waals surface area contributed by atoms with Gasteiger partial charge in [0.25, 0.3) is 5.91 Å². The first-order chi connectivity index (χ1) is 11.8. The molecule has 0 bridgehead atoms. The van der Waals surface area contributed by atoms with Gasteiger partial charge in [0.05, 0.1) is 11.5 Å². The van der Waals surface area contributed by atoms with Gasteiger partial charge in [0.2, 0.25) is 10.0 Å². The Balaban J connectivity index is 1.99. The van der Waals surface area contributed by atoms with Gasteiger partial charge in [0, 0.05) is 38.3 Å². The minimum Gasteiger partial charge on any atom is -0.383 e. The summed E-state index contributed by atoms with van der Waals surface area (Å²) in [7, 11) is -2.08. The highest BCUT2D eigenvalue weighted by atomic mass is 32.2. The molecule has 8 heteroatoms. The molecule has 7 nitrogen and oxygen atoms in total. The smallest absolute Gasteiger partial charge is 0.253 e. The van der Waals surface area contributed by atoms with Crippen LogP contribution in [-0.4, -0.2) is 58.6 Å². The third-order valence-electron chi connectivity index (χ3n) is 4.58. The largest absolute Gasteiger partial charge is 0.383 e. The molecule has 1 aliphatic heterocycles. The Hall–Kier alpha value is -1.48. The van der Waals surface area contributed by atoms with Crippen molar-refractivity contribution in [3.05, 3.63) is 29.8 Å². The fourth-order valence-electron chi connectivity index (χ4n) is 2.95. The van der Waals surface area contributed by atoms with Crippen molar-refractivity contribution in [3.63, 3.8) is 0 Å². The summed E-state index contributed by atoms with van der Waals surface area (Å²) in [5, 5.41) is 0. The third kappa shape index (κ3) is 5.24. The van der Waals surface area contributed by atoms with Crippen LogP contribution in [0.4, 0.5) is 0 Å². The molecule has 0 aromatic heterocycles. The van der Waals surface area contributed by atoms with E-state index in [9.17, 15) is 13.2 Å². The summed E-state index contributed by atoms with van der Waals surface area (Å²) in [5.74, 6) is 0.383. The van der Waals surface area contributed by atoms with Crippen LogP contribution < -0.4 is 10.5 Å². The average molecular weight is 369 g/mol. The van der Waals surface area contributed by atoms with Crippen molar-refractivity contribution in [2.24, 2.45) is 11.7 Å². The second-order valence-corrected chi connectivity index (χ2v) is 8.17. The van der Waals surface area contributed by atoms with Crippen LogP contribution >= 0.6 is 0 Å². The van der Waals surface area contributed by atoms with Crippen molar-refractivity contribution >= 4 is 15.9 Å². The van der Waals surface area contributed by atoms with Crippen LogP contribution in [0.2, 0.25) is 0 Å². The van der Waals surface area contributed by atoms with Crippen molar-refractivity contribution in [1.29, 1.82) is 0 Å². The molecule has 1 fully saturated rings. The lowest BCUT2D eigenvalue weighted by atomic mass is 9.90. The van der Waals surface area contributed by atoms with Crippen LogP contribution in [0.1, 0.15) is 30.1 Å². The maximum Gasteiger partial charge on any atom is 0.253 e. The summed E-state index contributed by atoms with van der Waals surface area (Å²) < 4.78 is 31.5. The van der Waals surface area contributed by atoms with Crippen molar-refractivity contribution in [3.8, 4) is 0 Å². The van der Waals surface area contributed by atoms with Crippen molar-refractivity contribution in [2.75, 3.05) is 33.4 Å². The zero-order valence-electron chi connectivity index (χ0n) is 14.8. The van der Waals surface area contributed by atoms with Crippen LogP contribution in [0.3, 0.4) is 0 Å². The third-order valence-corrected chi connectivity index (χ3v) is 6.06. The molecule has 2 rings (SSSR count). The second kappa shape index (κ2) is 8.75. The van der Waals surface area contributed by atoms with Crippen LogP contribution in [0.15, 0.2) is 29.2 Å². The zero-order chi connectivity index (χ0) is 18.4. The van der Waals surface area contributed by atoms with E-state index in [0.717, 1.165) is 12.8 Å². The lowest BCUT2D eigenvalue weighted by molar-refractivity contribution is 0.0681. The quantitative estimate of drug-likeness (QED) is 0.693. The maximum atomic E-state index is 12.6. The fraction of sp³-hybridized carbons (Fsp3) is 0.588. The highest BCUT2D eigenvalue weighted by Crippen LogP contribution is 2.21. The average Bonchev–Trinajstić information content (AvgIpc) is 2.61. The number of amides is 1. The first-order valence-electron chi connectivity index (χ1n) is 8.48. The van der Waals surface area contributed by atoms with E-state index in [2.05, 4.69) is 4.72 Å². The Morgan fingerprint density at radius 1 is 1.32 bits per heavy atom. The van der Waals surface area contributed by atoms with E-state index in [4.69, 9.17) is 10.5 Å². The van der Waals surface area contributed by atoms with Gasteiger partial charge >= 0.3 is 0 Å². The molecule has 0 saturated carbocycles. The minimum atomic E-state index is -3.59. The summed E-state index contributed by atoms with van der Waals surface area (Å²) in [6, 6.07) is 6.18. The summed E-state index contributed by atoms with van der Waals surface area (Å²) >= 11 is 0. The topological polar surface area (TPSA) is 102 Å². The summed E-state index contributed by atoms with van der Waals surface area (Å²) in [5.41, 5.74) is 6.42. The Bertz CT molecular complexity index is 666.